The van der Waals surface area contributed by atoms with Crippen molar-refractivity contribution < 1.29 is 14.3 Å². The molecule has 1 aromatic rings. The molecule has 5 nitrogen and oxygen atoms in total. The molecule has 2 aliphatic heterocycles. The fourth-order valence-corrected chi connectivity index (χ4v) is 2.96. The molecule has 124 valence electrons. The highest BCUT2D eigenvalue weighted by atomic mass is 16.5. The Kier molecular flexibility index (Phi) is 4.04. The molecule has 0 aliphatic carbocycles. The van der Waals surface area contributed by atoms with Crippen molar-refractivity contribution in [3.05, 3.63) is 17.7 Å². The third kappa shape index (κ3) is 2.92. The maximum absolute atomic E-state index is 12.8. The van der Waals surface area contributed by atoms with Gasteiger partial charge in [-0.1, -0.05) is 6.92 Å². The Balaban J connectivity index is 2.04. The number of benzene rings is 1. The molecular weight excluding hydrogens is 292 g/mol. The van der Waals surface area contributed by atoms with E-state index in [0.717, 1.165) is 25.8 Å². The second-order valence-electron chi connectivity index (χ2n) is 6.72. The number of carbonyl (C=O) groups excluding carboxylic acids is 1. The molecule has 1 unspecified atom stereocenters. The van der Waals surface area contributed by atoms with Crippen LogP contribution in [0.3, 0.4) is 0 Å². The predicted molar refractivity (Wildman–Crippen MR) is 90.2 cm³/mol. The van der Waals surface area contributed by atoms with Crippen LogP contribution in [0.15, 0.2) is 17.1 Å². The van der Waals surface area contributed by atoms with E-state index in [2.05, 4.69) is 11.9 Å². The van der Waals surface area contributed by atoms with Gasteiger partial charge in [0.2, 0.25) is 0 Å². The molecule has 2 heterocycles. The molecule has 1 atom stereocenters. The largest absolute Gasteiger partial charge is 0.493 e. The lowest BCUT2D eigenvalue weighted by Gasteiger charge is -2.26. The van der Waals surface area contributed by atoms with Crippen LogP contribution in [0.2, 0.25) is 0 Å². The van der Waals surface area contributed by atoms with Crippen LogP contribution in [-0.4, -0.2) is 42.3 Å². The van der Waals surface area contributed by atoms with Crippen LogP contribution in [0.5, 0.6) is 11.5 Å². The summed E-state index contributed by atoms with van der Waals surface area (Å²) in [5.41, 5.74) is 0.941. The van der Waals surface area contributed by atoms with Crippen molar-refractivity contribution in [1.29, 1.82) is 0 Å². The van der Waals surface area contributed by atoms with E-state index in [-0.39, 0.29) is 17.6 Å². The van der Waals surface area contributed by atoms with E-state index in [0.29, 0.717) is 22.7 Å². The number of carbonyl (C=O) groups is 1. The molecule has 2 aliphatic rings. The molecule has 0 aromatic heterocycles. The summed E-state index contributed by atoms with van der Waals surface area (Å²) in [6.07, 6.45) is 4.76. The minimum Gasteiger partial charge on any atom is -0.493 e. The summed E-state index contributed by atoms with van der Waals surface area (Å²) in [6, 6.07) is 3.69. The van der Waals surface area contributed by atoms with E-state index in [1.165, 1.54) is 0 Å². The monoisotopic (exact) mass is 316 g/mol. The topological polar surface area (TPSA) is 51.1 Å². The van der Waals surface area contributed by atoms with Gasteiger partial charge in [0, 0.05) is 18.8 Å². The van der Waals surface area contributed by atoms with Gasteiger partial charge in [0.05, 0.1) is 24.4 Å². The van der Waals surface area contributed by atoms with Crippen LogP contribution in [-0.2, 0) is 0 Å². The standard InChI is InChI=1S/C18H24N2O3/c1-5-18(2,3)23-16-10-14-13(9-15(16)22-4)17(21)20-8-6-7-12(20)11-19-14/h9-12H,5-8H2,1-4H3. The maximum Gasteiger partial charge on any atom is 0.256 e. The molecule has 23 heavy (non-hydrogen) atoms. The molecule has 5 heteroatoms. The van der Waals surface area contributed by atoms with Gasteiger partial charge in [-0.2, -0.15) is 0 Å². The van der Waals surface area contributed by atoms with Gasteiger partial charge in [-0.15, -0.1) is 0 Å². The van der Waals surface area contributed by atoms with E-state index < -0.39 is 0 Å². The first-order chi connectivity index (χ1) is 10.9. The number of amides is 1. The van der Waals surface area contributed by atoms with Crippen molar-refractivity contribution in [1.82, 2.24) is 4.90 Å². The van der Waals surface area contributed by atoms with E-state index in [4.69, 9.17) is 9.47 Å². The van der Waals surface area contributed by atoms with Crippen LogP contribution in [0.1, 0.15) is 50.4 Å². The Labute approximate surface area is 137 Å². The molecule has 1 aromatic carbocycles. The van der Waals surface area contributed by atoms with Crippen LogP contribution in [0.4, 0.5) is 5.69 Å². The van der Waals surface area contributed by atoms with Crippen molar-refractivity contribution in [3.63, 3.8) is 0 Å². The lowest BCUT2D eigenvalue weighted by molar-refractivity contribution is 0.0774. The Morgan fingerprint density at radius 2 is 2.13 bits per heavy atom. The van der Waals surface area contributed by atoms with Gasteiger partial charge < -0.3 is 14.4 Å². The van der Waals surface area contributed by atoms with E-state index in [1.54, 1.807) is 13.2 Å². The number of hydrogen-bond acceptors (Lipinski definition) is 4. The predicted octanol–water partition coefficient (Wildman–Crippen LogP) is 3.58. The average molecular weight is 316 g/mol. The second-order valence-corrected chi connectivity index (χ2v) is 6.72. The van der Waals surface area contributed by atoms with Crippen molar-refractivity contribution in [2.24, 2.45) is 4.99 Å². The Bertz CT molecular complexity index is 652. The summed E-state index contributed by atoms with van der Waals surface area (Å²) in [5, 5.41) is 0. The van der Waals surface area contributed by atoms with Crippen LogP contribution >= 0.6 is 0 Å². The molecule has 0 saturated carbocycles. The number of hydrogen-bond donors (Lipinski definition) is 0. The number of methoxy groups -OCH3 is 1. The van der Waals surface area contributed by atoms with Crippen molar-refractivity contribution in [2.75, 3.05) is 13.7 Å². The zero-order valence-corrected chi connectivity index (χ0v) is 14.3. The quantitative estimate of drug-likeness (QED) is 0.853. The zero-order chi connectivity index (χ0) is 16.6. The van der Waals surface area contributed by atoms with Crippen molar-refractivity contribution >= 4 is 17.8 Å². The molecule has 1 fully saturated rings. The zero-order valence-electron chi connectivity index (χ0n) is 14.3. The van der Waals surface area contributed by atoms with Gasteiger partial charge in [-0.05, 0) is 39.2 Å². The number of fused-ring (bicyclic) bond motifs is 2. The van der Waals surface area contributed by atoms with Gasteiger partial charge in [0.15, 0.2) is 11.5 Å². The smallest absolute Gasteiger partial charge is 0.256 e. The highest BCUT2D eigenvalue weighted by molar-refractivity contribution is 6.03. The Hall–Kier alpha value is -2.04. The first kappa shape index (κ1) is 15.8. The highest BCUT2D eigenvalue weighted by Crippen LogP contribution is 2.39. The number of nitrogens with zero attached hydrogens (tertiary/aromatic N) is 2. The molecule has 0 radical (unpaired) electrons. The molecule has 0 spiro atoms. The van der Waals surface area contributed by atoms with Gasteiger partial charge in [0.1, 0.15) is 5.60 Å². The molecule has 1 saturated heterocycles. The van der Waals surface area contributed by atoms with Crippen LogP contribution in [0.25, 0.3) is 0 Å². The SMILES string of the molecule is CCC(C)(C)Oc1cc2c(cc1OC)C(=O)N1CCCC1C=N2. The minimum atomic E-state index is -0.306. The van der Waals surface area contributed by atoms with Gasteiger partial charge in [-0.25, -0.2) is 0 Å². The fraction of sp³-hybridized carbons (Fsp3) is 0.556. The van der Waals surface area contributed by atoms with Crippen LogP contribution < -0.4 is 9.47 Å². The lowest BCUT2D eigenvalue weighted by atomic mass is 10.1. The summed E-state index contributed by atoms with van der Waals surface area (Å²) in [5.74, 6) is 1.23. The Morgan fingerprint density at radius 3 is 2.83 bits per heavy atom. The highest BCUT2D eigenvalue weighted by Gasteiger charge is 2.33. The summed E-state index contributed by atoms with van der Waals surface area (Å²) in [4.78, 5) is 19.2. The third-order valence-corrected chi connectivity index (χ3v) is 4.70. The second kappa shape index (κ2) is 5.87. The van der Waals surface area contributed by atoms with E-state index in [1.807, 2.05) is 31.0 Å². The maximum atomic E-state index is 12.8. The summed E-state index contributed by atoms with van der Waals surface area (Å²) >= 11 is 0. The molecule has 1 amide bonds. The number of ether oxygens (including phenoxy) is 2. The molecular formula is C18H24N2O3. The average Bonchev–Trinajstić information content (AvgIpc) is 2.96. The van der Waals surface area contributed by atoms with E-state index >= 15 is 0 Å². The van der Waals surface area contributed by atoms with Gasteiger partial charge in [0.25, 0.3) is 5.91 Å². The minimum absolute atomic E-state index is 0.0274. The number of rotatable bonds is 4. The summed E-state index contributed by atoms with van der Waals surface area (Å²) in [7, 11) is 1.59. The first-order valence-corrected chi connectivity index (χ1v) is 8.21. The fourth-order valence-electron chi connectivity index (χ4n) is 2.96. The first-order valence-electron chi connectivity index (χ1n) is 8.21. The normalized spacial score (nSPS) is 20.1. The molecule has 3 rings (SSSR count). The molecule has 0 bridgehead atoms. The Morgan fingerprint density at radius 1 is 1.35 bits per heavy atom. The molecule has 0 N–H and O–H groups in total. The van der Waals surface area contributed by atoms with Gasteiger partial charge >= 0.3 is 0 Å². The van der Waals surface area contributed by atoms with Crippen molar-refractivity contribution in [2.45, 2.75) is 51.7 Å². The summed E-state index contributed by atoms with van der Waals surface area (Å²) < 4.78 is 11.5. The third-order valence-electron chi connectivity index (χ3n) is 4.70. The van der Waals surface area contributed by atoms with Crippen LogP contribution in [0, 0.1) is 0 Å². The van der Waals surface area contributed by atoms with Gasteiger partial charge in [-0.3, -0.25) is 9.79 Å². The number of aliphatic imine (C=N–C) groups is 1. The summed E-state index contributed by atoms with van der Waals surface area (Å²) in [6.45, 7) is 6.93. The van der Waals surface area contributed by atoms with E-state index in [9.17, 15) is 4.79 Å². The van der Waals surface area contributed by atoms with Crippen molar-refractivity contribution in [3.8, 4) is 11.5 Å². The lowest BCUT2D eigenvalue weighted by Crippen LogP contribution is -2.35.